The maximum absolute atomic E-state index is 12.0. The van der Waals surface area contributed by atoms with Crippen molar-refractivity contribution in [2.75, 3.05) is 6.61 Å². The minimum atomic E-state index is -0.336. The van der Waals surface area contributed by atoms with Crippen LogP contribution in [0.25, 0.3) is 0 Å². The van der Waals surface area contributed by atoms with Crippen molar-refractivity contribution in [3.8, 4) is 0 Å². The Morgan fingerprint density at radius 2 is 1.61 bits per heavy atom. The van der Waals surface area contributed by atoms with E-state index in [-0.39, 0.29) is 23.8 Å². The molecule has 0 unspecified atom stereocenters. The molecule has 0 saturated heterocycles. The minimum absolute atomic E-state index is 0.0182. The van der Waals surface area contributed by atoms with Crippen LogP contribution in [-0.2, 0) is 14.3 Å². The van der Waals surface area contributed by atoms with Crippen molar-refractivity contribution < 1.29 is 14.3 Å². The average Bonchev–Trinajstić information content (AvgIpc) is 2.15. The molecule has 4 heteroatoms. The number of allylic oxidation sites excluding steroid dienone is 1. The summed E-state index contributed by atoms with van der Waals surface area (Å²) in [6, 6.07) is 0.0191. The fraction of sp³-hybridized carbons (Fsp3) is 0.714. The van der Waals surface area contributed by atoms with Crippen LogP contribution in [0.5, 0.6) is 0 Å². The highest BCUT2D eigenvalue weighted by molar-refractivity contribution is 5.90. The number of hydrogen-bond donors (Lipinski definition) is 0. The smallest absolute Gasteiger partial charge is 0.336 e. The number of carbonyl (C=O) groups excluding carboxylic acids is 2. The second-order valence-electron chi connectivity index (χ2n) is 4.86. The van der Waals surface area contributed by atoms with Gasteiger partial charge in [-0.3, -0.25) is 4.79 Å². The highest BCUT2D eigenvalue weighted by Crippen LogP contribution is 2.21. The first kappa shape index (κ1) is 16.7. The lowest BCUT2D eigenvalue weighted by Gasteiger charge is -2.29. The van der Waals surface area contributed by atoms with Gasteiger partial charge in [0.25, 0.3) is 0 Å². The van der Waals surface area contributed by atoms with Crippen molar-refractivity contribution in [3.63, 3.8) is 0 Å². The molecule has 0 aliphatic carbocycles. The highest BCUT2D eigenvalue weighted by Gasteiger charge is 2.24. The van der Waals surface area contributed by atoms with Crippen LogP contribution in [0.3, 0.4) is 0 Å². The Morgan fingerprint density at radius 1 is 1.11 bits per heavy atom. The maximum Gasteiger partial charge on any atom is 0.336 e. The number of rotatable bonds is 5. The fourth-order valence-electron chi connectivity index (χ4n) is 2.13. The van der Waals surface area contributed by atoms with Gasteiger partial charge in [-0.15, -0.1) is 0 Å². The van der Waals surface area contributed by atoms with E-state index in [4.69, 9.17) is 4.74 Å². The Hall–Kier alpha value is -1.32. The Balaban J connectivity index is 5.56. The van der Waals surface area contributed by atoms with Crippen LogP contribution in [0.4, 0.5) is 0 Å². The Bertz CT molecular complexity index is 343. The Kier molecular flexibility index (Phi) is 6.66. The molecule has 0 aliphatic rings. The van der Waals surface area contributed by atoms with Crippen molar-refractivity contribution >= 4 is 11.9 Å². The molecule has 0 spiro atoms. The molecule has 104 valence electrons. The zero-order chi connectivity index (χ0) is 14.5. The minimum Gasteiger partial charge on any atom is -0.463 e. The second kappa shape index (κ2) is 7.19. The quantitative estimate of drug-likeness (QED) is 0.560. The summed E-state index contributed by atoms with van der Waals surface area (Å²) in [6.07, 6.45) is 0. The summed E-state index contributed by atoms with van der Waals surface area (Å²) in [5, 5.41) is 0. The molecule has 0 radical (unpaired) electrons. The molecular weight excluding hydrogens is 230 g/mol. The van der Waals surface area contributed by atoms with Gasteiger partial charge in [-0.2, -0.15) is 0 Å². The van der Waals surface area contributed by atoms with E-state index in [0.29, 0.717) is 17.9 Å². The van der Waals surface area contributed by atoms with E-state index in [1.54, 1.807) is 18.7 Å². The monoisotopic (exact) mass is 255 g/mol. The van der Waals surface area contributed by atoms with Crippen molar-refractivity contribution in [1.82, 2.24) is 4.90 Å². The molecule has 1 amide bonds. The van der Waals surface area contributed by atoms with Gasteiger partial charge in [0.05, 0.1) is 12.2 Å². The zero-order valence-corrected chi connectivity index (χ0v) is 12.5. The van der Waals surface area contributed by atoms with Gasteiger partial charge in [-0.25, -0.2) is 4.79 Å². The Labute approximate surface area is 110 Å². The van der Waals surface area contributed by atoms with Gasteiger partial charge < -0.3 is 9.64 Å². The predicted molar refractivity (Wildman–Crippen MR) is 71.8 cm³/mol. The first-order valence-corrected chi connectivity index (χ1v) is 6.41. The van der Waals surface area contributed by atoms with E-state index >= 15 is 0 Å². The van der Waals surface area contributed by atoms with Crippen LogP contribution in [0.2, 0.25) is 0 Å². The maximum atomic E-state index is 12.0. The summed E-state index contributed by atoms with van der Waals surface area (Å²) in [5.41, 5.74) is 1.26. The lowest BCUT2D eigenvalue weighted by molar-refractivity contribution is -0.139. The van der Waals surface area contributed by atoms with Gasteiger partial charge in [-0.05, 0) is 33.6 Å². The van der Waals surface area contributed by atoms with Crippen LogP contribution < -0.4 is 0 Å². The van der Waals surface area contributed by atoms with E-state index in [2.05, 4.69) is 0 Å². The normalized spacial score (nSPS) is 12.5. The molecule has 0 aromatic carbocycles. The van der Waals surface area contributed by atoms with Crippen molar-refractivity contribution in [1.29, 1.82) is 0 Å². The van der Waals surface area contributed by atoms with Gasteiger partial charge >= 0.3 is 5.97 Å². The van der Waals surface area contributed by atoms with Crippen molar-refractivity contribution in [3.05, 3.63) is 11.3 Å². The summed E-state index contributed by atoms with van der Waals surface area (Å²) in [5.74, 6) is -0.383. The van der Waals surface area contributed by atoms with Gasteiger partial charge in [0, 0.05) is 18.7 Å². The summed E-state index contributed by atoms with van der Waals surface area (Å²) < 4.78 is 5.06. The van der Waals surface area contributed by atoms with Crippen LogP contribution in [0, 0.1) is 5.92 Å². The number of hydrogen-bond acceptors (Lipinski definition) is 3. The zero-order valence-electron chi connectivity index (χ0n) is 12.5. The molecule has 0 heterocycles. The molecule has 18 heavy (non-hydrogen) atoms. The molecule has 4 nitrogen and oxygen atoms in total. The van der Waals surface area contributed by atoms with E-state index in [1.165, 1.54) is 6.92 Å². The highest BCUT2D eigenvalue weighted by atomic mass is 16.5. The summed E-state index contributed by atoms with van der Waals surface area (Å²) in [4.78, 5) is 25.3. The van der Waals surface area contributed by atoms with E-state index in [1.807, 2.05) is 27.7 Å². The van der Waals surface area contributed by atoms with Gasteiger partial charge in [0.15, 0.2) is 0 Å². The van der Waals surface area contributed by atoms with Crippen molar-refractivity contribution in [2.24, 2.45) is 5.92 Å². The lowest BCUT2D eigenvalue weighted by Crippen LogP contribution is -2.35. The average molecular weight is 255 g/mol. The van der Waals surface area contributed by atoms with E-state index < -0.39 is 0 Å². The number of carbonyl (C=O) groups is 2. The molecule has 0 rings (SSSR count). The van der Waals surface area contributed by atoms with Gasteiger partial charge in [0.2, 0.25) is 5.91 Å². The van der Waals surface area contributed by atoms with Crippen LogP contribution >= 0.6 is 0 Å². The number of nitrogens with zero attached hydrogens (tertiary/aromatic N) is 1. The molecule has 0 fully saturated rings. The second-order valence-corrected chi connectivity index (χ2v) is 4.86. The predicted octanol–water partition coefficient (Wildman–Crippen LogP) is 2.74. The fourth-order valence-corrected chi connectivity index (χ4v) is 2.13. The summed E-state index contributed by atoms with van der Waals surface area (Å²) in [7, 11) is 0. The van der Waals surface area contributed by atoms with Crippen LogP contribution in [0.1, 0.15) is 48.5 Å². The largest absolute Gasteiger partial charge is 0.463 e. The van der Waals surface area contributed by atoms with Crippen molar-refractivity contribution in [2.45, 2.75) is 54.5 Å². The number of ether oxygens (including phenoxy) is 1. The number of amides is 1. The van der Waals surface area contributed by atoms with E-state index in [9.17, 15) is 9.59 Å². The summed E-state index contributed by atoms with van der Waals surface area (Å²) in [6.45, 7) is 13.1. The Morgan fingerprint density at radius 3 is 1.89 bits per heavy atom. The molecule has 0 aromatic rings. The molecule has 0 aliphatic heterocycles. The first-order valence-electron chi connectivity index (χ1n) is 6.41. The topological polar surface area (TPSA) is 46.6 Å². The third-order valence-electron chi connectivity index (χ3n) is 2.68. The molecule has 0 atom stereocenters. The molecule has 0 N–H and O–H groups in total. The third-order valence-corrected chi connectivity index (χ3v) is 2.68. The van der Waals surface area contributed by atoms with Gasteiger partial charge in [-0.1, -0.05) is 13.8 Å². The first-order chi connectivity index (χ1) is 8.23. The standard InChI is InChI=1S/C14H25NO3/c1-8-18-14(17)13(9(2)3)11(6)15(10(4)5)12(7)16/h9-10H,8H2,1-7H3/b13-11-. The SMILES string of the molecule is CCOC(=O)/C(=C(/C)N(C(C)=O)C(C)C)C(C)C. The van der Waals surface area contributed by atoms with Crippen LogP contribution in [-0.4, -0.2) is 29.4 Å². The molecular formula is C14H25NO3. The molecule has 0 saturated carbocycles. The lowest BCUT2D eigenvalue weighted by atomic mass is 10.00. The third kappa shape index (κ3) is 4.17. The van der Waals surface area contributed by atoms with Gasteiger partial charge in [0.1, 0.15) is 0 Å². The molecule has 0 bridgehead atoms. The molecule has 0 aromatic heterocycles. The van der Waals surface area contributed by atoms with E-state index in [0.717, 1.165) is 0 Å². The summed E-state index contributed by atoms with van der Waals surface area (Å²) >= 11 is 0. The van der Waals surface area contributed by atoms with Crippen LogP contribution in [0.15, 0.2) is 11.3 Å². The number of esters is 1.